The Morgan fingerprint density at radius 1 is 0.941 bits per heavy atom. The van der Waals surface area contributed by atoms with Crippen molar-refractivity contribution < 1.29 is 8.42 Å². The number of hydrogen-bond acceptors (Lipinski definition) is 7. The maximum absolute atomic E-state index is 13.1. The fourth-order valence-corrected chi connectivity index (χ4v) is 6.86. The summed E-state index contributed by atoms with van der Waals surface area (Å²) in [6.45, 7) is 6.26. The SMILES string of the molecule is Cc1ccccc1-c1nn2c(=O)cc(CN3CCN(S(=O)(=O)c4ccccc4C)CC3)nc2s1. The number of rotatable bonds is 5. The second kappa shape index (κ2) is 9.03. The molecule has 1 aliphatic heterocycles. The highest BCUT2D eigenvalue weighted by Crippen LogP contribution is 2.27. The van der Waals surface area contributed by atoms with E-state index < -0.39 is 10.0 Å². The van der Waals surface area contributed by atoms with Gasteiger partial charge in [-0.15, -0.1) is 0 Å². The van der Waals surface area contributed by atoms with Crippen LogP contribution < -0.4 is 5.56 Å². The fraction of sp³-hybridized carbons (Fsp3) is 0.292. The molecule has 1 aliphatic rings. The van der Waals surface area contributed by atoms with E-state index >= 15 is 0 Å². The Morgan fingerprint density at radius 2 is 1.62 bits per heavy atom. The molecule has 176 valence electrons. The van der Waals surface area contributed by atoms with Gasteiger partial charge < -0.3 is 0 Å². The van der Waals surface area contributed by atoms with Crippen molar-refractivity contribution >= 4 is 26.3 Å². The smallest absolute Gasteiger partial charge is 0.275 e. The molecule has 0 aliphatic carbocycles. The molecule has 1 saturated heterocycles. The molecule has 0 amide bonds. The Labute approximate surface area is 202 Å². The average molecular weight is 496 g/mol. The Kier molecular flexibility index (Phi) is 6.07. The van der Waals surface area contributed by atoms with E-state index in [4.69, 9.17) is 0 Å². The average Bonchev–Trinajstić information content (AvgIpc) is 3.24. The Morgan fingerprint density at radius 3 is 2.32 bits per heavy atom. The molecule has 0 unspecified atom stereocenters. The van der Waals surface area contributed by atoms with Crippen molar-refractivity contribution in [2.45, 2.75) is 25.3 Å². The Hall–Kier alpha value is -2.92. The minimum atomic E-state index is -3.52. The lowest BCUT2D eigenvalue weighted by Crippen LogP contribution is -2.48. The topological polar surface area (TPSA) is 87.9 Å². The van der Waals surface area contributed by atoms with Gasteiger partial charge in [0.2, 0.25) is 15.0 Å². The van der Waals surface area contributed by atoms with Crippen molar-refractivity contribution in [2.75, 3.05) is 26.2 Å². The normalized spacial score (nSPS) is 15.7. The van der Waals surface area contributed by atoms with Crippen molar-refractivity contribution in [3.05, 3.63) is 81.8 Å². The van der Waals surface area contributed by atoms with Crippen LogP contribution in [0.4, 0.5) is 0 Å². The van der Waals surface area contributed by atoms with Gasteiger partial charge in [0.15, 0.2) is 0 Å². The summed E-state index contributed by atoms with van der Waals surface area (Å²) in [6, 6.07) is 16.5. The zero-order valence-electron chi connectivity index (χ0n) is 19.0. The van der Waals surface area contributed by atoms with Crippen molar-refractivity contribution in [1.29, 1.82) is 0 Å². The monoisotopic (exact) mass is 495 g/mol. The summed E-state index contributed by atoms with van der Waals surface area (Å²) >= 11 is 1.39. The number of benzene rings is 2. The van der Waals surface area contributed by atoms with Crippen LogP contribution in [0.25, 0.3) is 15.5 Å². The van der Waals surface area contributed by atoms with Gasteiger partial charge in [-0.3, -0.25) is 9.69 Å². The first-order valence-corrected chi connectivity index (χ1v) is 13.3. The van der Waals surface area contributed by atoms with Gasteiger partial charge in [-0.2, -0.15) is 13.9 Å². The standard InChI is InChI=1S/C24H25N5O3S2/c1-17-7-3-5-9-20(17)23-26-29-22(30)15-19(25-24(29)33-23)16-27-11-13-28(14-12-27)34(31,32)21-10-6-4-8-18(21)2/h3-10,15H,11-14,16H2,1-2H3. The van der Waals surface area contributed by atoms with Gasteiger partial charge in [0.25, 0.3) is 5.56 Å². The first kappa shape index (κ1) is 22.9. The minimum absolute atomic E-state index is 0.211. The highest BCUT2D eigenvalue weighted by Gasteiger charge is 2.29. The van der Waals surface area contributed by atoms with Gasteiger partial charge in [0.1, 0.15) is 5.01 Å². The van der Waals surface area contributed by atoms with Crippen LogP contribution in [0.3, 0.4) is 0 Å². The van der Waals surface area contributed by atoms with E-state index in [-0.39, 0.29) is 5.56 Å². The molecule has 34 heavy (non-hydrogen) atoms. The van der Waals surface area contributed by atoms with Crippen molar-refractivity contribution in [1.82, 2.24) is 23.8 Å². The maximum Gasteiger partial charge on any atom is 0.275 e. The molecule has 0 spiro atoms. The first-order chi connectivity index (χ1) is 16.3. The van der Waals surface area contributed by atoms with E-state index in [1.54, 1.807) is 12.1 Å². The third-order valence-electron chi connectivity index (χ3n) is 6.10. The predicted molar refractivity (Wildman–Crippen MR) is 133 cm³/mol. The van der Waals surface area contributed by atoms with Crippen molar-refractivity contribution in [2.24, 2.45) is 0 Å². The molecule has 0 atom stereocenters. The zero-order valence-corrected chi connectivity index (χ0v) is 20.6. The molecule has 8 nitrogen and oxygen atoms in total. The van der Waals surface area contributed by atoms with Gasteiger partial charge in [0, 0.05) is 44.4 Å². The van der Waals surface area contributed by atoms with Crippen LogP contribution in [-0.4, -0.2) is 58.4 Å². The molecule has 2 aromatic carbocycles. The third-order valence-corrected chi connectivity index (χ3v) is 9.10. The number of hydrogen-bond donors (Lipinski definition) is 0. The van der Waals surface area contributed by atoms with Gasteiger partial charge in [-0.05, 0) is 31.0 Å². The molecule has 10 heteroatoms. The molecule has 1 fully saturated rings. The molecule has 4 aromatic rings. The second-order valence-electron chi connectivity index (χ2n) is 8.45. The van der Waals surface area contributed by atoms with Crippen LogP contribution >= 0.6 is 11.3 Å². The van der Waals surface area contributed by atoms with E-state index in [2.05, 4.69) is 15.0 Å². The molecular weight excluding hydrogens is 470 g/mol. The van der Waals surface area contributed by atoms with Gasteiger partial charge in [-0.25, -0.2) is 13.4 Å². The minimum Gasteiger partial charge on any atom is -0.295 e. The van der Waals surface area contributed by atoms with E-state index in [1.807, 2.05) is 50.2 Å². The van der Waals surface area contributed by atoms with Crippen LogP contribution in [0, 0.1) is 13.8 Å². The third kappa shape index (κ3) is 4.29. The largest absolute Gasteiger partial charge is 0.295 e. The van der Waals surface area contributed by atoms with Crippen molar-refractivity contribution in [3.8, 4) is 10.6 Å². The fourth-order valence-electron chi connectivity index (χ4n) is 4.20. The molecule has 0 N–H and O–H groups in total. The van der Waals surface area contributed by atoms with Gasteiger partial charge in [0.05, 0.1) is 10.6 Å². The number of fused-ring (bicyclic) bond motifs is 1. The molecule has 3 heterocycles. The Balaban J connectivity index is 1.31. The van der Waals surface area contributed by atoms with Crippen LogP contribution in [0.1, 0.15) is 16.8 Å². The maximum atomic E-state index is 13.1. The summed E-state index contributed by atoms with van der Waals surface area (Å²) in [5, 5.41) is 5.24. The summed E-state index contributed by atoms with van der Waals surface area (Å²) in [6.07, 6.45) is 0. The quantitative estimate of drug-likeness (QED) is 0.423. The first-order valence-electron chi connectivity index (χ1n) is 11.1. The van der Waals surface area contributed by atoms with Crippen LogP contribution in [0.15, 0.2) is 64.3 Å². The van der Waals surface area contributed by atoms with Crippen molar-refractivity contribution in [3.63, 3.8) is 0 Å². The van der Waals surface area contributed by atoms with Crippen LogP contribution in [-0.2, 0) is 16.6 Å². The predicted octanol–water partition coefficient (Wildman–Crippen LogP) is 2.94. The summed E-state index contributed by atoms with van der Waals surface area (Å²) in [5.41, 5.74) is 3.29. The van der Waals surface area contributed by atoms with Crippen LogP contribution in [0.2, 0.25) is 0 Å². The number of sulfonamides is 1. The number of nitrogens with zero attached hydrogens (tertiary/aromatic N) is 5. The lowest BCUT2D eigenvalue weighted by atomic mass is 10.1. The molecular formula is C24H25N5O3S2. The second-order valence-corrected chi connectivity index (χ2v) is 11.3. The lowest BCUT2D eigenvalue weighted by molar-refractivity contribution is 0.180. The number of aryl methyl sites for hydroxylation is 2. The summed E-state index contributed by atoms with van der Waals surface area (Å²) < 4.78 is 29.0. The molecule has 5 rings (SSSR count). The van der Waals surface area contributed by atoms with E-state index in [0.29, 0.717) is 48.3 Å². The van der Waals surface area contributed by atoms with Crippen LogP contribution in [0.5, 0.6) is 0 Å². The lowest BCUT2D eigenvalue weighted by Gasteiger charge is -2.34. The number of aromatic nitrogens is 3. The highest BCUT2D eigenvalue weighted by atomic mass is 32.2. The molecule has 0 saturated carbocycles. The van der Waals surface area contributed by atoms with Gasteiger partial charge in [-0.1, -0.05) is 53.8 Å². The molecule has 0 bridgehead atoms. The summed E-state index contributed by atoms with van der Waals surface area (Å²) in [5.74, 6) is 0. The Bertz CT molecular complexity index is 1520. The molecule has 2 aromatic heterocycles. The number of piperazine rings is 1. The highest BCUT2D eigenvalue weighted by molar-refractivity contribution is 7.89. The van der Waals surface area contributed by atoms with E-state index in [0.717, 1.165) is 21.7 Å². The van der Waals surface area contributed by atoms with E-state index in [1.165, 1.54) is 26.2 Å². The summed E-state index contributed by atoms with van der Waals surface area (Å²) in [7, 11) is -3.52. The zero-order chi connectivity index (χ0) is 23.9. The summed E-state index contributed by atoms with van der Waals surface area (Å²) in [4.78, 5) is 20.4. The molecule has 0 radical (unpaired) electrons. The van der Waals surface area contributed by atoms with Gasteiger partial charge >= 0.3 is 0 Å². The van der Waals surface area contributed by atoms with E-state index in [9.17, 15) is 13.2 Å².